The molecule has 6 heteroatoms. The van der Waals surface area contributed by atoms with E-state index in [1.165, 1.54) is 0 Å². The number of carbonyl (C=O) groups is 2. The number of amides is 2. The number of carbonyl (C=O) groups excluding carboxylic acids is 2. The molecule has 2 amide bonds. The summed E-state index contributed by atoms with van der Waals surface area (Å²) >= 11 is 0. The Morgan fingerprint density at radius 3 is 2.75 bits per heavy atom. The van der Waals surface area contributed by atoms with E-state index in [-0.39, 0.29) is 18.9 Å². The minimum Gasteiger partial charge on any atom is -0.444 e. The Kier molecular flexibility index (Phi) is 3.72. The number of alkyl halides is 1. The van der Waals surface area contributed by atoms with Gasteiger partial charge in [0.05, 0.1) is 0 Å². The first-order valence-corrected chi connectivity index (χ1v) is 5.19. The molecular formula is C10H17FN2O3. The lowest BCUT2D eigenvalue weighted by Gasteiger charge is -2.27. The monoisotopic (exact) mass is 232 g/mol. The standard InChI is InChI=1S/C10H17FN2O3/c1-10(2,3)16-9(15)13-7-4-6(11)5-12-8(7)14/h6-7H,4-5H2,1-3H3,(H,12,14)(H,13,15). The maximum absolute atomic E-state index is 13.0. The van der Waals surface area contributed by atoms with Crippen LogP contribution in [-0.2, 0) is 9.53 Å². The number of halogens is 1. The fourth-order valence-corrected chi connectivity index (χ4v) is 1.35. The van der Waals surface area contributed by atoms with Gasteiger partial charge in [-0.3, -0.25) is 4.79 Å². The van der Waals surface area contributed by atoms with E-state index in [1.807, 2.05) is 0 Å². The lowest BCUT2D eigenvalue weighted by Crippen LogP contribution is -2.54. The van der Waals surface area contributed by atoms with E-state index < -0.39 is 23.9 Å². The number of hydrogen-bond acceptors (Lipinski definition) is 3. The van der Waals surface area contributed by atoms with Crippen LogP contribution in [0.25, 0.3) is 0 Å². The van der Waals surface area contributed by atoms with E-state index in [1.54, 1.807) is 20.8 Å². The Hall–Kier alpha value is -1.33. The summed E-state index contributed by atoms with van der Waals surface area (Å²) in [5.74, 6) is -0.375. The van der Waals surface area contributed by atoms with E-state index in [9.17, 15) is 14.0 Å². The molecule has 16 heavy (non-hydrogen) atoms. The second kappa shape index (κ2) is 4.67. The first-order valence-electron chi connectivity index (χ1n) is 5.19. The summed E-state index contributed by atoms with van der Waals surface area (Å²) in [6, 6.07) is -0.849. The maximum atomic E-state index is 13.0. The number of alkyl carbamates (subject to hydrolysis) is 1. The van der Waals surface area contributed by atoms with Crippen LogP contribution in [0.4, 0.5) is 9.18 Å². The third-order valence-electron chi connectivity index (χ3n) is 2.00. The van der Waals surface area contributed by atoms with Crippen molar-refractivity contribution in [2.45, 2.75) is 45.0 Å². The Balaban J connectivity index is 2.46. The van der Waals surface area contributed by atoms with Crippen LogP contribution in [0.2, 0.25) is 0 Å². The molecular weight excluding hydrogens is 215 g/mol. The number of rotatable bonds is 1. The molecule has 2 N–H and O–H groups in total. The highest BCUT2D eigenvalue weighted by Crippen LogP contribution is 2.10. The summed E-state index contributed by atoms with van der Waals surface area (Å²) in [6.45, 7) is 5.15. The zero-order valence-corrected chi connectivity index (χ0v) is 9.67. The van der Waals surface area contributed by atoms with E-state index in [4.69, 9.17) is 4.74 Å². The van der Waals surface area contributed by atoms with Crippen LogP contribution in [0.3, 0.4) is 0 Å². The largest absolute Gasteiger partial charge is 0.444 e. The van der Waals surface area contributed by atoms with Gasteiger partial charge in [-0.2, -0.15) is 0 Å². The molecule has 0 saturated carbocycles. The molecule has 0 aromatic heterocycles. The van der Waals surface area contributed by atoms with Gasteiger partial charge in [-0.15, -0.1) is 0 Å². The molecule has 92 valence electrons. The first kappa shape index (κ1) is 12.7. The van der Waals surface area contributed by atoms with Crippen LogP contribution in [0.1, 0.15) is 27.2 Å². The maximum Gasteiger partial charge on any atom is 0.408 e. The second-order valence-electron chi connectivity index (χ2n) is 4.78. The van der Waals surface area contributed by atoms with Crippen LogP contribution in [0, 0.1) is 0 Å². The molecule has 0 radical (unpaired) electrons. The van der Waals surface area contributed by atoms with Crippen molar-refractivity contribution in [3.63, 3.8) is 0 Å². The topological polar surface area (TPSA) is 67.4 Å². The van der Waals surface area contributed by atoms with Crippen molar-refractivity contribution < 1.29 is 18.7 Å². The van der Waals surface area contributed by atoms with Gasteiger partial charge >= 0.3 is 6.09 Å². The quantitative estimate of drug-likeness (QED) is 0.700. The number of ether oxygens (including phenoxy) is 1. The molecule has 1 aliphatic heterocycles. The zero-order chi connectivity index (χ0) is 12.3. The van der Waals surface area contributed by atoms with Gasteiger partial charge in [-0.05, 0) is 20.8 Å². The van der Waals surface area contributed by atoms with E-state index >= 15 is 0 Å². The van der Waals surface area contributed by atoms with Gasteiger partial charge < -0.3 is 15.4 Å². The van der Waals surface area contributed by atoms with Gasteiger partial charge in [0.1, 0.15) is 17.8 Å². The Morgan fingerprint density at radius 1 is 1.56 bits per heavy atom. The lowest BCUT2D eigenvalue weighted by atomic mass is 10.1. The summed E-state index contributed by atoms with van der Waals surface area (Å²) in [7, 11) is 0. The van der Waals surface area contributed by atoms with Crippen LogP contribution in [-0.4, -0.2) is 36.4 Å². The highest BCUT2D eigenvalue weighted by atomic mass is 19.1. The van der Waals surface area contributed by atoms with Crippen LogP contribution in [0.5, 0.6) is 0 Å². The van der Waals surface area contributed by atoms with Crippen molar-refractivity contribution >= 4 is 12.0 Å². The Labute approximate surface area is 93.7 Å². The molecule has 1 fully saturated rings. The van der Waals surface area contributed by atoms with Crippen LogP contribution in [0.15, 0.2) is 0 Å². The molecule has 0 aromatic carbocycles. The van der Waals surface area contributed by atoms with Gasteiger partial charge in [0, 0.05) is 13.0 Å². The molecule has 1 heterocycles. The Morgan fingerprint density at radius 2 is 2.19 bits per heavy atom. The van der Waals surface area contributed by atoms with E-state index in [2.05, 4.69) is 10.6 Å². The molecule has 0 aliphatic carbocycles. The molecule has 2 unspecified atom stereocenters. The predicted molar refractivity (Wildman–Crippen MR) is 55.7 cm³/mol. The van der Waals surface area contributed by atoms with Gasteiger partial charge in [0.15, 0.2) is 0 Å². The lowest BCUT2D eigenvalue weighted by molar-refractivity contribution is -0.125. The minimum absolute atomic E-state index is 0.00529. The van der Waals surface area contributed by atoms with Crippen molar-refractivity contribution in [3.05, 3.63) is 0 Å². The number of nitrogens with one attached hydrogen (secondary N) is 2. The molecule has 0 spiro atoms. The average Bonchev–Trinajstić information content (AvgIpc) is 2.08. The zero-order valence-electron chi connectivity index (χ0n) is 9.67. The summed E-state index contributed by atoms with van der Waals surface area (Å²) in [5, 5.41) is 4.71. The molecule has 2 atom stereocenters. The van der Waals surface area contributed by atoms with Crippen molar-refractivity contribution in [2.75, 3.05) is 6.54 Å². The number of piperidine rings is 1. The molecule has 1 rings (SSSR count). The third kappa shape index (κ3) is 4.04. The first-order chi connectivity index (χ1) is 7.28. The fourth-order valence-electron chi connectivity index (χ4n) is 1.35. The van der Waals surface area contributed by atoms with E-state index in [0.29, 0.717) is 0 Å². The van der Waals surface area contributed by atoms with Crippen molar-refractivity contribution in [3.8, 4) is 0 Å². The van der Waals surface area contributed by atoms with Crippen molar-refractivity contribution in [1.82, 2.24) is 10.6 Å². The highest BCUT2D eigenvalue weighted by molar-refractivity contribution is 5.86. The molecule has 0 aromatic rings. The van der Waals surface area contributed by atoms with E-state index in [0.717, 1.165) is 0 Å². The van der Waals surface area contributed by atoms with Crippen molar-refractivity contribution in [1.29, 1.82) is 0 Å². The highest BCUT2D eigenvalue weighted by Gasteiger charge is 2.30. The van der Waals surface area contributed by atoms with Crippen LogP contribution < -0.4 is 10.6 Å². The smallest absolute Gasteiger partial charge is 0.408 e. The van der Waals surface area contributed by atoms with Crippen LogP contribution >= 0.6 is 0 Å². The Bertz CT molecular complexity index is 288. The van der Waals surface area contributed by atoms with Gasteiger partial charge in [0.2, 0.25) is 5.91 Å². The second-order valence-corrected chi connectivity index (χ2v) is 4.78. The molecule has 5 nitrogen and oxygen atoms in total. The summed E-state index contributed by atoms with van der Waals surface area (Å²) < 4.78 is 18.0. The summed E-state index contributed by atoms with van der Waals surface area (Å²) in [6.07, 6.45) is -1.84. The summed E-state index contributed by atoms with van der Waals surface area (Å²) in [5.41, 5.74) is -0.635. The normalized spacial score (nSPS) is 25.9. The number of hydrogen-bond donors (Lipinski definition) is 2. The third-order valence-corrected chi connectivity index (χ3v) is 2.00. The summed E-state index contributed by atoms with van der Waals surface area (Å²) in [4.78, 5) is 22.6. The fraction of sp³-hybridized carbons (Fsp3) is 0.800. The predicted octanol–water partition coefficient (Wildman–Crippen LogP) is 0.738. The molecule has 1 aliphatic rings. The SMILES string of the molecule is CC(C)(C)OC(=O)NC1CC(F)CNC1=O. The van der Waals surface area contributed by atoms with Gasteiger partial charge in [0.25, 0.3) is 0 Å². The molecule has 1 saturated heterocycles. The van der Waals surface area contributed by atoms with Crippen molar-refractivity contribution in [2.24, 2.45) is 0 Å². The average molecular weight is 232 g/mol. The van der Waals surface area contributed by atoms with Gasteiger partial charge in [-0.25, -0.2) is 9.18 Å². The van der Waals surface area contributed by atoms with Gasteiger partial charge in [-0.1, -0.05) is 0 Å². The molecule has 0 bridgehead atoms. The minimum atomic E-state index is -1.13.